The van der Waals surface area contributed by atoms with E-state index < -0.39 is 11.5 Å². The van der Waals surface area contributed by atoms with Crippen molar-refractivity contribution in [3.8, 4) is 0 Å². The maximum Gasteiger partial charge on any atom is 0.323 e. The van der Waals surface area contributed by atoms with Gasteiger partial charge in [0.15, 0.2) is 0 Å². The molecule has 114 valence electrons. The highest BCUT2D eigenvalue weighted by Gasteiger charge is 2.46. The molecule has 0 aromatic carbocycles. The lowest BCUT2D eigenvalue weighted by atomic mass is 9.97. The third kappa shape index (κ3) is 2.85. The third-order valence-electron chi connectivity index (χ3n) is 5.51. The molecule has 1 saturated heterocycles. The first-order valence-electron chi connectivity index (χ1n) is 8.02. The van der Waals surface area contributed by atoms with Gasteiger partial charge in [-0.1, -0.05) is 0 Å². The van der Waals surface area contributed by atoms with Crippen LogP contribution in [0.15, 0.2) is 0 Å². The summed E-state index contributed by atoms with van der Waals surface area (Å²) in [6.45, 7) is 5.82. The Kier molecular flexibility index (Phi) is 4.02. The van der Waals surface area contributed by atoms with E-state index in [4.69, 9.17) is 0 Å². The summed E-state index contributed by atoms with van der Waals surface area (Å²) in [4.78, 5) is 16.6. The quantitative estimate of drug-likeness (QED) is 0.773. The highest BCUT2D eigenvalue weighted by Crippen LogP contribution is 2.34. The predicted octanol–water partition coefficient (Wildman–Crippen LogP) is 0.609. The topological polar surface area (TPSA) is 55.8 Å². The molecule has 2 saturated carbocycles. The summed E-state index contributed by atoms with van der Waals surface area (Å²) in [6.07, 6.45) is 5.36. The molecule has 3 fully saturated rings. The number of nitrogens with one attached hydrogen (secondary N) is 1. The van der Waals surface area contributed by atoms with Gasteiger partial charge < -0.3 is 15.3 Å². The fourth-order valence-corrected chi connectivity index (χ4v) is 3.84. The largest absolute Gasteiger partial charge is 0.480 e. The number of hydrogen-bond donors (Lipinski definition) is 2. The molecule has 5 nitrogen and oxygen atoms in total. The lowest BCUT2D eigenvalue weighted by molar-refractivity contribution is -0.144. The fraction of sp³-hybridized carbons (Fsp3) is 0.933. The van der Waals surface area contributed by atoms with Crippen LogP contribution in [0.1, 0.15) is 32.1 Å². The second-order valence-electron chi connectivity index (χ2n) is 6.81. The summed E-state index contributed by atoms with van der Waals surface area (Å²) >= 11 is 0. The van der Waals surface area contributed by atoms with Crippen LogP contribution in [-0.4, -0.2) is 72.2 Å². The fourth-order valence-electron chi connectivity index (χ4n) is 3.84. The van der Waals surface area contributed by atoms with E-state index in [0.717, 1.165) is 51.4 Å². The first-order chi connectivity index (χ1) is 9.63. The van der Waals surface area contributed by atoms with Crippen molar-refractivity contribution in [2.24, 2.45) is 5.92 Å². The number of hydrogen-bond acceptors (Lipinski definition) is 4. The van der Waals surface area contributed by atoms with Crippen LogP contribution in [-0.2, 0) is 4.79 Å². The van der Waals surface area contributed by atoms with E-state index >= 15 is 0 Å². The summed E-state index contributed by atoms with van der Waals surface area (Å²) in [7, 11) is 1.78. The zero-order valence-electron chi connectivity index (χ0n) is 12.5. The first-order valence-corrected chi connectivity index (χ1v) is 8.02. The second-order valence-corrected chi connectivity index (χ2v) is 6.81. The first kappa shape index (κ1) is 14.3. The van der Waals surface area contributed by atoms with Gasteiger partial charge in [0, 0.05) is 38.8 Å². The molecule has 0 radical (unpaired) electrons. The third-order valence-corrected chi connectivity index (χ3v) is 5.51. The van der Waals surface area contributed by atoms with Crippen molar-refractivity contribution in [1.82, 2.24) is 15.1 Å². The molecule has 0 aromatic rings. The van der Waals surface area contributed by atoms with Gasteiger partial charge in [-0.2, -0.15) is 0 Å². The molecule has 0 amide bonds. The van der Waals surface area contributed by atoms with E-state index in [1.54, 1.807) is 7.05 Å². The maximum absolute atomic E-state index is 11.5. The molecule has 1 aliphatic heterocycles. The van der Waals surface area contributed by atoms with Crippen molar-refractivity contribution in [2.75, 3.05) is 39.8 Å². The van der Waals surface area contributed by atoms with Gasteiger partial charge >= 0.3 is 5.97 Å². The van der Waals surface area contributed by atoms with Crippen LogP contribution in [0, 0.1) is 5.92 Å². The number of carbonyl (C=O) groups is 1. The van der Waals surface area contributed by atoms with Crippen molar-refractivity contribution < 1.29 is 9.90 Å². The SMILES string of the molecule is CNC1(C(=O)O)CCC(N2CCN(CC3CC3)CC2)C1. The molecular weight excluding hydrogens is 254 g/mol. The zero-order chi connectivity index (χ0) is 14.2. The molecule has 0 aromatic heterocycles. The average molecular weight is 281 g/mol. The van der Waals surface area contributed by atoms with E-state index in [0.29, 0.717) is 6.04 Å². The molecule has 5 heteroatoms. The number of rotatable bonds is 5. The molecule has 1 heterocycles. The van der Waals surface area contributed by atoms with E-state index in [1.807, 2.05) is 0 Å². The van der Waals surface area contributed by atoms with Crippen LogP contribution >= 0.6 is 0 Å². The van der Waals surface area contributed by atoms with Gasteiger partial charge in [-0.15, -0.1) is 0 Å². The Morgan fingerprint density at radius 1 is 1.25 bits per heavy atom. The van der Waals surface area contributed by atoms with Crippen molar-refractivity contribution in [2.45, 2.75) is 43.7 Å². The number of carboxylic acids is 1. The molecule has 2 aliphatic carbocycles. The molecule has 20 heavy (non-hydrogen) atoms. The van der Waals surface area contributed by atoms with Crippen molar-refractivity contribution in [3.63, 3.8) is 0 Å². The van der Waals surface area contributed by atoms with Crippen LogP contribution in [0.4, 0.5) is 0 Å². The average Bonchev–Trinajstić information content (AvgIpc) is 3.15. The molecular formula is C15H27N3O2. The van der Waals surface area contributed by atoms with Crippen LogP contribution in [0.25, 0.3) is 0 Å². The smallest absolute Gasteiger partial charge is 0.323 e. The summed E-state index contributed by atoms with van der Waals surface area (Å²) in [5.74, 6) is 0.284. The van der Waals surface area contributed by atoms with E-state index in [1.165, 1.54) is 19.4 Å². The summed E-state index contributed by atoms with van der Waals surface area (Å²) in [5.41, 5.74) is -0.685. The lowest BCUT2D eigenvalue weighted by Gasteiger charge is -2.38. The molecule has 3 rings (SSSR count). The Balaban J connectivity index is 1.50. The number of carboxylic acid groups (broad SMARTS) is 1. The molecule has 0 spiro atoms. The molecule has 2 N–H and O–H groups in total. The molecule has 0 bridgehead atoms. The van der Waals surface area contributed by atoms with Gasteiger partial charge in [-0.3, -0.25) is 9.69 Å². The second kappa shape index (κ2) is 5.62. The Morgan fingerprint density at radius 2 is 1.95 bits per heavy atom. The number of aliphatic carboxylic acids is 1. The minimum Gasteiger partial charge on any atom is -0.480 e. The molecule has 3 aliphatic rings. The monoisotopic (exact) mass is 281 g/mol. The normalized spacial score (nSPS) is 36.4. The predicted molar refractivity (Wildman–Crippen MR) is 77.8 cm³/mol. The zero-order valence-corrected chi connectivity index (χ0v) is 12.5. The van der Waals surface area contributed by atoms with E-state index in [2.05, 4.69) is 15.1 Å². The molecule has 2 atom stereocenters. The maximum atomic E-state index is 11.5. The van der Waals surface area contributed by atoms with Crippen LogP contribution < -0.4 is 5.32 Å². The van der Waals surface area contributed by atoms with Crippen LogP contribution in [0.2, 0.25) is 0 Å². The highest BCUT2D eigenvalue weighted by atomic mass is 16.4. The minimum absolute atomic E-state index is 0.446. The Hall–Kier alpha value is -0.650. The van der Waals surface area contributed by atoms with Gasteiger partial charge in [-0.25, -0.2) is 0 Å². The lowest BCUT2D eigenvalue weighted by Crippen LogP contribution is -2.53. The van der Waals surface area contributed by atoms with E-state index in [9.17, 15) is 9.90 Å². The van der Waals surface area contributed by atoms with Crippen molar-refractivity contribution in [1.29, 1.82) is 0 Å². The van der Waals surface area contributed by atoms with Gasteiger partial charge in [-0.05, 0) is 45.1 Å². The number of likely N-dealkylation sites (N-methyl/N-ethyl adjacent to an activating group) is 1. The summed E-state index contributed by atoms with van der Waals surface area (Å²) < 4.78 is 0. The molecule has 2 unspecified atom stereocenters. The summed E-state index contributed by atoms with van der Waals surface area (Å²) in [5, 5.41) is 12.5. The van der Waals surface area contributed by atoms with E-state index in [-0.39, 0.29) is 0 Å². The standard InChI is InChI=1S/C15H27N3O2/c1-16-15(14(19)20)5-4-13(10-15)18-8-6-17(7-9-18)11-12-2-3-12/h12-13,16H,2-11H2,1H3,(H,19,20). The minimum atomic E-state index is -0.685. The Morgan fingerprint density at radius 3 is 2.45 bits per heavy atom. The Bertz CT molecular complexity index is 364. The summed E-state index contributed by atoms with van der Waals surface area (Å²) in [6, 6.07) is 0.446. The van der Waals surface area contributed by atoms with Crippen LogP contribution in [0.5, 0.6) is 0 Å². The highest BCUT2D eigenvalue weighted by molar-refractivity contribution is 5.79. The Labute approximate surface area is 121 Å². The van der Waals surface area contributed by atoms with Gasteiger partial charge in [0.2, 0.25) is 0 Å². The van der Waals surface area contributed by atoms with Crippen molar-refractivity contribution >= 4 is 5.97 Å². The van der Waals surface area contributed by atoms with Gasteiger partial charge in [0.1, 0.15) is 5.54 Å². The number of nitrogens with zero attached hydrogens (tertiary/aromatic N) is 2. The van der Waals surface area contributed by atoms with Crippen molar-refractivity contribution in [3.05, 3.63) is 0 Å². The van der Waals surface area contributed by atoms with Crippen LogP contribution in [0.3, 0.4) is 0 Å². The van der Waals surface area contributed by atoms with Gasteiger partial charge in [0.25, 0.3) is 0 Å². The van der Waals surface area contributed by atoms with Gasteiger partial charge in [0.05, 0.1) is 0 Å². The number of piperazine rings is 1.